The second-order valence-corrected chi connectivity index (χ2v) is 6.98. The minimum Gasteiger partial charge on any atom is -0.348 e. The minimum absolute atomic E-state index is 0.0639. The highest BCUT2D eigenvalue weighted by molar-refractivity contribution is 5.98. The maximum absolute atomic E-state index is 11.9. The van der Waals surface area contributed by atoms with Crippen molar-refractivity contribution in [3.8, 4) is 0 Å². The van der Waals surface area contributed by atoms with Gasteiger partial charge in [-0.05, 0) is 48.2 Å². The summed E-state index contributed by atoms with van der Waals surface area (Å²) in [6, 6.07) is 14.3. The molecule has 0 saturated carbocycles. The summed E-state index contributed by atoms with van der Waals surface area (Å²) >= 11 is 0. The number of amides is 1. The first-order valence-corrected chi connectivity index (χ1v) is 8.84. The lowest BCUT2D eigenvalue weighted by Gasteiger charge is -2.16. The van der Waals surface area contributed by atoms with E-state index in [1.54, 1.807) is 0 Å². The molecule has 0 bridgehead atoms. The molecule has 25 heavy (non-hydrogen) atoms. The number of nitrogens with zero attached hydrogens (tertiary/aromatic N) is 2. The van der Waals surface area contributed by atoms with Gasteiger partial charge < -0.3 is 10.3 Å². The van der Waals surface area contributed by atoms with Gasteiger partial charge in [0.2, 0.25) is 0 Å². The van der Waals surface area contributed by atoms with Crippen molar-refractivity contribution in [2.45, 2.75) is 25.4 Å². The number of imidazole rings is 1. The van der Waals surface area contributed by atoms with Crippen LogP contribution in [-0.4, -0.2) is 33.9 Å². The minimum atomic E-state index is 0.0639. The van der Waals surface area contributed by atoms with E-state index in [1.165, 1.54) is 11.1 Å². The summed E-state index contributed by atoms with van der Waals surface area (Å²) in [4.78, 5) is 22.4. The number of fused-ring (bicyclic) bond motifs is 2. The van der Waals surface area contributed by atoms with E-state index in [1.807, 2.05) is 30.3 Å². The number of H-pyrrole nitrogens is 1. The number of benzene rings is 2. The van der Waals surface area contributed by atoms with Crippen LogP contribution in [0.3, 0.4) is 0 Å². The summed E-state index contributed by atoms with van der Waals surface area (Å²) in [5.74, 6) is 1.58. The lowest BCUT2D eigenvalue weighted by molar-refractivity contribution is 0.0966. The molecule has 3 heterocycles. The van der Waals surface area contributed by atoms with Crippen molar-refractivity contribution in [1.29, 1.82) is 0 Å². The number of likely N-dealkylation sites (tertiary alicyclic amines) is 1. The first-order valence-electron chi connectivity index (χ1n) is 8.84. The van der Waals surface area contributed by atoms with Crippen molar-refractivity contribution in [3.05, 3.63) is 65.0 Å². The van der Waals surface area contributed by atoms with Crippen molar-refractivity contribution in [2.24, 2.45) is 0 Å². The summed E-state index contributed by atoms with van der Waals surface area (Å²) in [6.07, 6.45) is 1.13. The Morgan fingerprint density at radius 2 is 2.08 bits per heavy atom. The third-order valence-electron chi connectivity index (χ3n) is 5.41. The molecule has 0 aliphatic carbocycles. The fraction of sp³-hybridized carbons (Fsp3) is 0.300. The standard InChI is InChI=1S/C20H20N4O/c25-20-15-5-3-4-14(16(15)10-21-20)13-8-9-24(11-13)12-19-22-17-6-1-2-7-18(17)23-19/h1-7,13H,8-12H2,(H,21,25)(H,22,23). The Morgan fingerprint density at radius 1 is 1.16 bits per heavy atom. The molecule has 1 amide bonds. The topological polar surface area (TPSA) is 61.0 Å². The molecule has 2 aromatic carbocycles. The molecule has 2 aliphatic heterocycles. The van der Waals surface area contributed by atoms with Crippen LogP contribution in [0.2, 0.25) is 0 Å². The monoisotopic (exact) mass is 332 g/mol. The Morgan fingerprint density at radius 3 is 3.00 bits per heavy atom. The molecular weight excluding hydrogens is 312 g/mol. The third-order valence-corrected chi connectivity index (χ3v) is 5.41. The Kier molecular flexibility index (Phi) is 3.35. The highest BCUT2D eigenvalue weighted by atomic mass is 16.1. The average Bonchev–Trinajstić information content (AvgIpc) is 3.33. The second kappa shape index (κ2) is 5.70. The Hall–Kier alpha value is -2.66. The van der Waals surface area contributed by atoms with Gasteiger partial charge >= 0.3 is 0 Å². The first-order chi connectivity index (χ1) is 12.3. The number of nitrogens with one attached hydrogen (secondary N) is 2. The van der Waals surface area contributed by atoms with E-state index in [2.05, 4.69) is 32.3 Å². The van der Waals surface area contributed by atoms with E-state index in [0.29, 0.717) is 12.5 Å². The van der Waals surface area contributed by atoms with Crippen LogP contribution in [0.15, 0.2) is 42.5 Å². The Labute approximate surface area is 146 Å². The molecule has 3 aromatic rings. The van der Waals surface area contributed by atoms with Gasteiger partial charge in [0.05, 0.1) is 17.6 Å². The summed E-state index contributed by atoms with van der Waals surface area (Å²) < 4.78 is 0. The van der Waals surface area contributed by atoms with Crippen LogP contribution in [0, 0.1) is 0 Å². The van der Waals surface area contributed by atoms with Crippen LogP contribution in [0.4, 0.5) is 0 Å². The van der Waals surface area contributed by atoms with Gasteiger partial charge in [0.15, 0.2) is 0 Å². The van der Waals surface area contributed by atoms with E-state index >= 15 is 0 Å². The van der Waals surface area contributed by atoms with Gasteiger partial charge in [-0.3, -0.25) is 9.69 Å². The molecule has 0 spiro atoms. The molecule has 1 unspecified atom stereocenters. The average molecular weight is 332 g/mol. The maximum atomic E-state index is 11.9. The summed E-state index contributed by atoms with van der Waals surface area (Å²) in [7, 11) is 0. The number of hydrogen-bond acceptors (Lipinski definition) is 3. The van der Waals surface area contributed by atoms with Crippen molar-refractivity contribution >= 4 is 16.9 Å². The maximum Gasteiger partial charge on any atom is 0.251 e. The van der Waals surface area contributed by atoms with Gasteiger partial charge in [0.1, 0.15) is 5.82 Å². The zero-order valence-corrected chi connectivity index (χ0v) is 14.0. The number of carbonyl (C=O) groups excluding carboxylic acids is 1. The zero-order chi connectivity index (χ0) is 16.8. The molecule has 5 rings (SSSR count). The van der Waals surface area contributed by atoms with Gasteiger partial charge in [-0.2, -0.15) is 0 Å². The Balaban J connectivity index is 1.34. The molecule has 0 radical (unpaired) electrons. The summed E-state index contributed by atoms with van der Waals surface area (Å²) in [5.41, 5.74) is 5.51. The van der Waals surface area contributed by atoms with Crippen LogP contribution in [0.1, 0.15) is 39.6 Å². The van der Waals surface area contributed by atoms with Gasteiger partial charge in [0.25, 0.3) is 5.91 Å². The lowest BCUT2D eigenvalue weighted by atomic mass is 9.91. The van der Waals surface area contributed by atoms with Crippen LogP contribution < -0.4 is 5.32 Å². The van der Waals surface area contributed by atoms with E-state index in [9.17, 15) is 4.79 Å². The molecular formula is C20H20N4O. The van der Waals surface area contributed by atoms with E-state index in [-0.39, 0.29) is 5.91 Å². The molecule has 2 N–H and O–H groups in total. The number of aromatic amines is 1. The van der Waals surface area contributed by atoms with Crippen LogP contribution in [-0.2, 0) is 13.1 Å². The van der Waals surface area contributed by atoms with E-state index in [0.717, 1.165) is 48.5 Å². The van der Waals surface area contributed by atoms with Crippen LogP contribution in [0.5, 0.6) is 0 Å². The molecule has 126 valence electrons. The molecule has 1 atom stereocenters. The molecule has 1 fully saturated rings. The van der Waals surface area contributed by atoms with Gasteiger partial charge in [-0.1, -0.05) is 24.3 Å². The lowest BCUT2D eigenvalue weighted by Crippen LogP contribution is -2.20. The van der Waals surface area contributed by atoms with Crippen molar-refractivity contribution in [1.82, 2.24) is 20.2 Å². The van der Waals surface area contributed by atoms with Gasteiger partial charge in [-0.25, -0.2) is 4.98 Å². The van der Waals surface area contributed by atoms with E-state index < -0.39 is 0 Å². The predicted molar refractivity (Wildman–Crippen MR) is 96.3 cm³/mol. The number of carbonyl (C=O) groups is 1. The van der Waals surface area contributed by atoms with Crippen molar-refractivity contribution < 1.29 is 4.79 Å². The quantitative estimate of drug-likeness (QED) is 0.775. The highest BCUT2D eigenvalue weighted by Gasteiger charge is 2.29. The van der Waals surface area contributed by atoms with Crippen LogP contribution >= 0.6 is 0 Å². The molecule has 1 saturated heterocycles. The fourth-order valence-electron chi connectivity index (χ4n) is 4.18. The number of aromatic nitrogens is 2. The van der Waals surface area contributed by atoms with Crippen molar-refractivity contribution in [2.75, 3.05) is 13.1 Å². The van der Waals surface area contributed by atoms with Gasteiger partial charge in [-0.15, -0.1) is 0 Å². The summed E-state index contributed by atoms with van der Waals surface area (Å²) in [6.45, 7) is 3.59. The number of rotatable bonds is 3. The molecule has 5 heteroatoms. The predicted octanol–water partition coefficient (Wildman–Crippen LogP) is 2.80. The molecule has 5 nitrogen and oxygen atoms in total. The second-order valence-electron chi connectivity index (χ2n) is 6.98. The first kappa shape index (κ1) is 14.7. The van der Waals surface area contributed by atoms with Crippen molar-refractivity contribution in [3.63, 3.8) is 0 Å². The third kappa shape index (κ3) is 2.51. The number of para-hydroxylation sites is 2. The fourth-order valence-corrected chi connectivity index (χ4v) is 4.18. The smallest absolute Gasteiger partial charge is 0.251 e. The number of hydrogen-bond donors (Lipinski definition) is 2. The summed E-state index contributed by atoms with van der Waals surface area (Å²) in [5, 5.41) is 2.95. The molecule has 1 aromatic heterocycles. The highest BCUT2D eigenvalue weighted by Crippen LogP contribution is 2.33. The SMILES string of the molecule is O=C1NCc2c1cccc2C1CCN(Cc2nc3ccccc3[nH]2)C1. The zero-order valence-electron chi connectivity index (χ0n) is 14.0. The van der Waals surface area contributed by atoms with Crippen LogP contribution in [0.25, 0.3) is 11.0 Å². The Bertz CT molecular complexity index is 928. The van der Waals surface area contributed by atoms with Gasteiger partial charge in [0, 0.05) is 18.7 Å². The van der Waals surface area contributed by atoms with E-state index in [4.69, 9.17) is 0 Å². The molecule has 2 aliphatic rings. The largest absolute Gasteiger partial charge is 0.348 e. The normalized spacial score (nSPS) is 20.2.